The van der Waals surface area contributed by atoms with Crippen LogP contribution in [0, 0.1) is 0 Å². The molecule has 0 spiro atoms. The van der Waals surface area contributed by atoms with E-state index in [1.165, 1.54) is 12.8 Å². The van der Waals surface area contributed by atoms with Crippen molar-refractivity contribution in [2.24, 2.45) is 0 Å². The molecule has 1 unspecified atom stereocenters. The van der Waals surface area contributed by atoms with Crippen molar-refractivity contribution in [3.05, 3.63) is 36.5 Å². The van der Waals surface area contributed by atoms with Gasteiger partial charge in [-0.3, -0.25) is 4.98 Å². The molecule has 1 aromatic carbocycles. The zero-order valence-electron chi connectivity index (χ0n) is 12.0. The summed E-state index contributed by atoms with van der Waals surface area (Å²) in [5.41, 5.74) is 0.956. The smallest absolute Gasteiger partial charge is 0.145 e. The van der Waals surface area contributed by atoms with Gasteiger partial charge in [-0.25, -0.2) is 0 Å². The second kappa shape index (κ2) is 6.23. The molecular formula is C17H22N2O. The molecule has 1 aliphatic carbocycles. The van der Waals surface area contributed by atoms with Crippen LogP contribution in [0.5, 0.6) is 5.75 Å². The van der Waals surface area contributed by atoms with Gasteiger partial charge in [0.05, 0.1) is 6.10 Å². The van der Waals surface area contributed by atoms with Crippen LogP contribution in [0.15, 0.2) is 36.5 Å². The van der Waals surface area contributed by atoms with Crippen LogP contribution in [0.1, 0.15) is 32.6 Å². The SMILES string of the molecule is CC(CCCNC1CC1)Oc1cccc2cccnc12. The molecule has 3 nitrogen and oxygen atoms in total. The molecule has 0 aliphatic heterocycles. The normalized spacial score (nSPS) is 16.2. The standard InChI is InChI=1S/C17H22N2O/c1-13(5-3-11-18-15-9-10-15)20-16-8-2-6-14-7-4-12-19-17(14)16/h2,4,6-8,12-13,15,18H,3,5,9-11H2,1H3. The summed E-state index contributed by atoms with van der Waals surface area (Å²) in [4.78, 5) is 4.42. The molecule has 1 aliphatic rings. The van der Waals surface area contributed by atoms with Gasteiger partial charge >= 0.3 is 0 Å². The first-order chi connectivity index (χ1) is 9.83. The molecule has 2 aromatic rings. The van der Waals surface area contributed by atoms with Gasteiger partial charge in [-0.1, -0.05) is 18.2 Å². The molecule has 1 fully saturated rings. The number of fused-ring (bicyclic) bond motifs is 1. The number of nitrogens with zero attached hydrogens (tertiary/aromatic N) is 1. The number of pyridine rings is 1. The predicted molar refractivity (Wildman–Crippen MR) is 82.1 cm³/mol. The topological polar surface area (TPSA) is 34.1 Å². The summed E-state index contributed by atoms with van der Waals surface area (Å²) in [7, 11) is 0. The average Bonchev–Trinajstić information content (AvgIpc) is 3.28. The lowest BCUT2D eigenvalue weighted by Gasteiger charge is -2.16. The highest BCUT2D eigenvalue weighted by Crippen LogP contribution is 2.24. The number of hydrogen-bond donors (Lipinski definition) is 1. The summed E-state index contributed by atoms with van der Waals surface area (Å²) in [6.45, 7) is 3.24. The van der Waals surface area contributed by atoms with E-state index in [2.05, 4.69) is 29.4 Å². The maximum atomic E-state index is 6.06. The monoisotopic (exact) mass is 270 g/mol. The summed E-state index contributed by atoms with van der Waals surface area (Å²) in [6.07, 6.45) is 6.99. The second-order valence-electron chi connectivity index (χ2n) is 5.63. The van der Waals surface area contributed by atoms with E-state index in [1.54, 1.807) is 0 Å². The quantitative estimate of drug-likeness (QED) is 0.781. The second-order valence-corrected chi connectivity index (χ2v) is 5.63. The Kier molecular flexibility index (Phi) is 4.16. The zero-order chi connectivity index (χ0) is 13.8. The summed E-state index contributed by atoms with van der Waals surface area (Å²) >= 11 is 0. The lowest BCUT2D eigenvalue weighted by atomic mass is 10.2. The van der Waals surface area contributed by atoms with Gasteiger partial charge < -0.3 is 10.1 Å². The molecule has 1 N–H and O–H groups in total. The minimum atomic E-state index is 0.226. The Balaban J connectivity index is 1.54. The number of para-hydroxylation sites is 1. The number of aromatic nitrogens is 1. The van der Waals surface area contributed by atoms with E-state index in [9.17, 15) is 0 Å². The first kappa shape index (κ1) is 13.4. The van der Waals surface area contributed by atoms with Crippen LogP contribution in [-0.4, -0.2) is 23.7 Å². The van der Waals surface area contributed by atoms with Crippen LogP contribution in [0.3, 0.4) is 0 Å². The van der Waals surface area contributed by atoms with Gasteiger partial charge in [-0.15, -0.1) is 0 Å². The number of hydrogen-bond acceptors (Lipinski definition) is 3. The molecule has 1 aromatic heterocycles. The highest BCUT2D eigenvalue weighted by atomic mass is 16.5. The van der Waals surface area contributed by atoms with Crippen molar-refractivity contribution in [3.63, 3.8) is 0 Å². The minimum absolute atomic E-state index is 0.226. The summed E-state index contributed by atoms with van der Waals surface area (Å²) < 4.78 is 6.06. The van der Waals surface area contributed by atoms with E-state index in [4.69, 9.17) is 4.74 Å². The number of rotatable bonds is 7. The molecule has 20 heavy (non-hydrogen) atoms. The van der Waals surface area contributed by atoms with Gasteiger partial charge in [-0.05, 0) is 51.3 Å². The van der Waals surface area contributed by atoms with E-state index in [0.717, 1.165) is 42.1 Å². The number of ether oxygens (including phenoxy) is 1. The van der Waals surface area contributed by atoms with Crippen LogP contribution < -0.4 is 10.1 Å². The average molecular weight is 270 g/mol. The highest BCUT2D eigenvalue weighted by molar-refractivity contribution is 5.84. The van der Waals surface area contributed by atoms with Crippen molar-refractivity contribution in [1.82, 2.24) is 10.3 Å². The van der Waals surface area contributed by atoms with Gasteiger partial charge in [0.15, 0.2) is 0 Å². The maximum absolute atomic E-state index is 6.06. The Labute approximate surface area is 120 Å². The van der Waals surface area contributed by atoms with E-state index in [-0.39, 0.29) is 6.10 Å². The van der Waals surface area contributed by atoms with Gasteiger partial charge in [-0.2, -0.15) is 0 Å². The highest BCUT2D eigenvalue weighted by Gasteiger charge is 2.19. The molecule has 1 heterocycles. The Bertz CT molecular complexity index is 560. The molecule has 1 atom stereocenters. The molecule has 3 heteroatoms. The van der Waals surface area contributed by atoms with E-state index in [0.29, 0.717) is 0 Å². The molecule has 0 bridgehead atoms. The first-order valence-electron chi connectivity index (χ1n) is 7.57. The van der Waals surface area contributed by atoms with Crippen LogP contribution in [-0.2, 0) is 0 Å². The van der Waals surface area contributed by atoms with Crippen molar-refractivity contribution < 1.29 is 4.74 Å². The summed E-state index contributed by atoms with van der Waals surface area (Å²) in [5, 5.41) is 4.67. The van der Waals surface area contributed by atoms with E-state index in [1.807, 2.05) is 24.4 Å². The Hall–Kier alpha value is -1.61. The lowest BCUT2D eigenvalue weighted by molar-refractivity contribution is 0.209. The van der Waals surface area contributed by atoms with Crippen molar-refractivity contribution in [2.75, 3.05) is 6.54 Å². The molecule has 1 saturated carbocycles. The van der Waals surface area contributed by atoms with Crippen LogP contribution in [0.2, 0.25) is 0 Å². The summed E-state index contributed by atoms with van der Waals surface area (Å²) in [5.74, 6) is 0.894. The molecule has 0 amide bonds. The third kappa shape index (κ3) is 3.48. The van der Waals surface area contributed by atoms with Gasteiger partial charge in [0.25, 0.3) is 0 Å². The van der Waals surface area contributed by atoms with Crippen molar-refractivity contribution in [3.8, 4) is 5.75 Å². The predicted octanol–water partition coefficient (Wildman–Crippen LogP) is 3.53. The molecule has 0 radical (unpaired) electrons. The lowest BCUT2D eigenvalue weighted by Crippen LogP contribution is -2.20. The largest absolute Gasteiger partial charge is 0.488 e. The number of nitrogens with one attached hydrogen (secondary N) is 1. The summed E-state index contributed by atoms with van der Waals surface area (Å²) in [6, 6.07) is 10.9. The first-order valence-corrected chi connectivity index (χ1v) is 7.57. The Morgan fingerprint density at radius 2 is 2.15 bits per heavy atom. The fourth-order valence-electron chi connectivity index (χ4n) is 2.43. The third-order valence-electron chi connectivity index (χ3n) is 3.72. The number of benzene rings is 1. The molecule has 3 rings (SSSR count). The Morgan fingerprint density at radius 1 is 1.30 bits per heavy atom. The maximum Gasteiger partial charge on any atom is 0.145 e. The Morgan fingerprint density at radius 3 is 3.00 bits per heavy atom. The minimum Gasteiger partial charge on any atom is -0.488 e. The third-order valence-corrected chi connectivity index (χ3v) is 3.72. The molecule has 106 valence electrons. The molecule has 0 saturated heterocycles. The van der Waals surface area contributed by atoms with Crippen molar-refractivity contribution in [1.29, 1.82) is 0 Å². The van der Waals surface area contributed by atoms with E-state index >= 15 is 0 Å². The fraction of sp³-hybridized carbons (Fsp3) is 0.471. The van der Waals surface area contributed by atoms with Crippen LogP contribution >= 0.6 is 0 Å². The fourth-order valence-corrected chi connectivity index (χ4v) is 2.43. The molecular weight excluding hydrogens is 248 g/mol. The van der Waals surface area contributed by atoms with Gasteiger partial charge in [0.1, 0.15) is 11.3 Å². The van der Waals surface area contributed by atoms with Gasteiger partial charge in [0, 0.05) is 17.6 Å². The van der Waals surface area contributed by atoms with Crippen LogP contribution in [0.25, 0.3) is 10.9 Å². The van der Waals surface area contributed by atoms with E-state index < -0.39 is 0 Å². The zero-order valence-corrected chi connectivity index (χ0v) is 12.0. The van der Waals surface area contributed by atoms with Crippen LogP contribution in [0.4, 0.5) is 0 Å². The van der Waals surface area contributed by atoms with Crippen molar-refractivity contribution >= 4 is 10.9 Å². The van der Waals surface area contributed by atoms with Gasteiger partial charge in [0.2, 0.25) is 0 Å². The van der Waals surface area contributed by atoms with Crippen molar-refractivity contribution in [2.45, 2.75) is 44.8 Å².